The van der Waals surface area contributed by atoms with Gasteiger partial charge >= 0.3 is 0 Å². The number of nitrogens with zero attached hydrogens (tertiary/aromatic N) is 4. The maximum atomic E-state index is 13.0. The van der Waals surface area contributed by atoms with Gasteiger partial charge in [0.2, 0.25) is 11.8 Å². The lowest BCUT2D eigenvalue weighted by Crippen LogP contribution is -2.41. The van der Waals surface area contributed by atoms with Gasteiger partial charge in [-0.1, -0.05) is 30.3 Å². The van der Waals surface area contributed by atoms with Crippen molar-refractivity contribution in [1.82, 2.24) is 19.7 Å². The fourth-order valence-electron chi connectivity index (χ4n) is 3.70. The normalized spacial score (nSPS) is 16.7. The molecular weight excluding hydrogens is 428 g/mol. The summed E-state index contributed by atoms with van der Waals surface area (Å²) in [6.07, 6.45) is 1.77. The molecule has 0 spiro atoms. The van der Waals surface area contributed by atoms with Gasteiger partial charge in [-0.05, 0) is 25.8 Å². The first-order chi connectivity index (χ1) is 15.5. The number of hydrogen-bond donors (Lipinski definition) is 0. The molecule has 172 valence electrons. The first kappa shape index (κ1) is 23.9. The van der Waals surface area contributed by atoms with E-state index in [-0.39, 0.29) is 37.4 Å². The van der Waals surface area contributed by atoms with Crippen LogP contribution in [0.4, 0.5) is 0 Å². The molecule has 2 heterocycles. The standard InChI is InChI=1S/C23H30N4O4S/c1-3-25(4-2)22(29)16-31-19-13-26(11-10-18-8-6-5-7-9-18)21(28)15-27(14-19)23(30)20-12-24-17-32-20/h5-9,12,17,19H,3-4,10-11,13-16H2,1-2H3/t19-/m1/s1. The van der Waals surface area contributed by atoms with Crippen molar-refractivity contribution in [3.05, 3.63) is 52.5 Å². The number of aromatic nitrogens is 1. The maximum absolute atomic E-state index is 13.0. The summed E-state index contributed by atoms with van der Waals surface area (Å²) in [4.78, 5) is 47.7. The summed E-state index contributed by atoms with van der Waals surface area (Å²) in [5.74, 6) is -0.462. The van der Waals surface area contributed by atoms with Gasteiger partial charge in [-0.2, -0.15) is 0 Å². The summed E-state index contributed by atoms with van der Waals surface area (Å²) in [5, 5.41) is 0. The van der Waals surface area contributed by atoms with Crippen LogP contribution in [0.3, 0.4) is 0 Å². The van der Waals surface area contributed by atoms with Crippen LogP contribution in [0.5, 0.6) is 0 Å². The van der Waals surface area contributed by atoms with Gasteiger partial charge < -0.3 is 19.4 Å². The molecule has 9 heteroatoms. The van der Waals surface area contributed by atoms with E-state index in [1.165, 1.54) is 22.4 Å². The number of likely N-dealkylation sites (N-methyl/N-ethyl adjacent to an activating group) is 1. The van der Waals surface area contributed by atoms with Crippen molar-refractivity contribution in [2.75, 3.05) is 45.9 Å². The van der Waals surface area contributed by atoms with Crippen molar-refractivity contribution < 1.29 is 19.1 Å². The van der Waals surface area contributed by atoms with E-state index >= 15 is 0 Å². The molecule has 3 rings (SSSR count). The van der Waals surface area contributed by atoms with Crippen molar-refractivity contribution in [1.29, 1.82) is 0 Å². The molecule has 2 aromatic rings. The third-order valence-electron chi connectivity index (χ3n) is 5.53. The minimum absolute atomic E-state index is 0.0185. The van der Waals surface area contributed by atoms with Crippen molar-refractivity contribution in [3.63, 3.8) is 0 Å². The lowest BCUT2D eigenvalue weighted by molar-refractivity contribution is -0.138. The van der Waals surface area contributed by atoms with Crippen molar-refractivity contribution >= 4 is 29.1 Å². The molecule has 0 saturated carbocycles. The highest BCUT2D eigenvalue weighted by atomic mass is 32.1. The molecule has 1 aliphatic rings. The van der Waals surface area contributed by atoms with Crippen LogP contribution >= 0.6 is 11.3 Å². The summed E-state index contributed by atoms with van der Waals surface area (Å²) in [6.45, 7) is 6.08. The molecular formula is C23H30N4O4S. The lowest BCUT2D eigenvalue weighted by Gasteiger charge is -2.26. The molecule has 1 fully saturated rings. The quantitative estimate of drug-likeness (QED) is 0.573. The Morgan fingerprint density at radius 3 is 2.59 bits per heavy atom. The van der Waals surface area contributed by atoms with Crippen LogP contribution < -0.4 is 0 Å². The van der Waals surface area contributed by atoms with E-state index < -0.39 is 6.10 Å². The number of rotatable bonds is 9. The maximum Gasteiger partial charge on any atom is 0.266 e. The number of hydrogen-bond acceptors (Lipinski definition) is 6. The molecule has 3 amide bonds. The Hall–Kier alpha value is -2.78. The molecule has 1 atom stereocenters. The fraction of sp³-hybridized carbons (Fsp3) is 0.478. The monoisotopic (exact) mass is 458 g/mol. The Labute approximate surface area is 192 Å². The predicted octanol–water partition coefficient (Wildman–Crippen LogP) is 1.92. The van der Waals surface area contributed by atoms with E-state index in [1.807, 2.05) is 44.2 Å². The Morgan fingerprint density at radius 1 is 1.19 bits per heavy atom. The number of carbonyl (C=O) groups excluding carboxylic acids is 3. The van der Waals surface area contributed by atoms with Crippen LogP contribution in [-0.4, -0.2) is 89.4 Å². The lowest BCUT2D eigenvalue weighted by atomic mass is 10.1. The molecule has 1 saturated heterocycles. The highest BCUT2D eigenvalue weighted by molar-refractivity contribution is 7.11. The van der Waals surface area contributed by atoms with Gasteiger partial charge in [0.15, 0.2) is 0 Å². The zero-order valence-corrected chi connectivity index (χ0v) is 19.4. The van der Waals surface area contributed by atoms with Gasteiger partial charge in [0.1, 0.15) is 18.0 Å². The highest BCUT2D eigenvalue weighted by Crippen LogP contribution is 2.15. The molecule has 0 radical (unpaired) electrons. The molecule has 1 aromatic carbocycles. The van der Waals surface area contributed by atoms with Gasteiger partial charge in [-0.3, -0.25) is 19.4 Å². The smallest absolute Gasteiger partial charge is 0.266 e. The summed E-state index contributed by atoms with van der Waals surface area (Å²) in [6, 6.07) is 9.96. The van der Waals surface area contributed by atoms with E-state index in [9.17, 15) is 14.4 Å². The Kier molecular flexibility index (Phi) is 8.75. The van der Waals surface area contributed by atoms with Gasteiger partial charge in [0.25, 0.3) is 5.91 Å². The Balaban J connectivity index is 1.71. The Bertz CT molecular complexity index is 887. The summed E-state index contributed by atoms with van der Waals surface area (Å²) >= 11 is 1.24. The molecule has 0 bridgehead atoms. The third-order valence-corrected chi connectivity index (χ3v) is 6.29. The first-order valence-corrected chi connectivity index (χ1v) is 11.8. The fourth-order valence-corrected chi connectivity index (χ4v) is 4.28. The second-order valence-corrected chi connectivity index (χ2v) is 8.51. The average molecular weight is 459 g/mol. The van der Waals surface area contributed by atoms with E-state index in [0.717, 1.165) is 5.56 Å². The number of thiazole rings is 1. The molecule has 1 aliphatic heterocycles. The number of carbonyl (C=O) groups is 3. The molecule has 0 unspecified atom stereocenters. The zero-order valence-electron chi connectivity index (χ0n) is 18.6. The first-order valence-electron chi connectivity index (χ1n) is 10.9. The third kappa shape index (κ3) is 6.37. The Morgan fingerprint density at radius 2 is 1.94 bits per heavy atom. The van der Waals surface area contributed by atoms with Gasteiger partial charge in [0, 0.05) is 32.7 Å². The van der Waals surface area contributed by atoms with Crippen LogP contribution in [0.1, 0.15) is 29.1 Å². The van der Waals surface area contributed by atoms with Crippen molar-refractivity contribution in [2.45, 2.75) is 26.4 Å². The van der Waals surface area contributed by atoms with E-state index in [1.54, 1.807) is 15.3 Å². The second kappa shape index (κ2) is 11.7. The van der Waals surface area contributed by atoms with Crippen molar-refractivity contribution in [2.24, 2.45) is 0 Å². The number of ether oxygens (including phenoxy) is 1. The zero-order chi connectivity index (χ0) is 22.9. The average Bonchev–Trinajstić information content (AvgIpc) is 3.29. The van der Waals surface area contributed by atoms with E-state index in [0.29, 0.717) is 37.5 Å². The number of benzene rings is 1. The van der Waals surface area contributed by atoms with Crippen LogP contribution in [0.2, 0.25) is 0 Å². The SMILES string of the molecule is CCN(CC)C(=O)CO[C@@H]1CN(CCc2ccccc2)C(=O)CN(C(=O)c2cncs2)C1. The van der Waals surface area contributed by atoms with Gasteiger partial charge in [-0.25, -0.2) is 0 Å². The topological polar surface area (TPSA) is 83.0 Å². The molecule has 32 heavy (non-hydrogen) atoms. The largest absolute Gasteiger partial charge is 0.365 e. The van der Waals surface area contributed by atoms with Crippen LogP contribution in [-0.2, 0) is 20.7 Å². The summed E-state index contributed by atoms with van der Waals surface area (Å²) in [5.41, 5.74) is 2.73. The minimum atomic E-state index is -0.450. The van der Waals surface area contributed by atoms with Gasteiger partial charge in [0.05, 0.1) is 17.8 Å². The van der Waals surface area contributed by atoms with Crippen LogP contribution in [0.15, 0.2) is 42.0 Å². The predicted molar refractivity (Wildman–Crippen MR) is 122 cm³/mol. The van der Waals surface area contributed by atoms with Crippen molar-refractivity contribution in [3.8, 4) is 0 Å². The number of amides is 3. The highest BCUT2D eigenvalue weighted by Gasteiger charge is 2.32. The van der Waals surface area contributed by atoms with Crippen LogP contribution in [0.25, 0.3) is 0 Å². The molecule has 1 aromatic heterocycles. The summed E-state index contributed by atoms with van der Waals surface area (Å²) in [7, 11) is 0. The minimum Gasteiger partial charge on any atom is -0.365 e. The van der Waals surface area contributed by atoms with E-state index in [2.05, 4.69) is 4.98 Å². The van der Waals surface area contributed by atoms with Gasteiger partial charge in [-0.15, -0.1) is 11.3 Å². The molecule has 0 aliphatic carbocycles. The molecule has 0 N–H and O–H groups in total. The second-order valence-electron chi connectivity index (χ2n) is 7.63. The summed E-state index contributed by atoms with van der Waals surface area (Å²) < 4.78 is 5.95. The molecule has 8 nitrogen and oxygen atoms in total. The van der Waals surface area contributed by atoms with E-state index in [4.69, 9.17) is 4.74 Å². The van der Waals surface area contributed by atoms with Crippen LogP contribution in [0, 0.1) is 0 Å².